The van der Waals surface area contributed by atoms with Gasteiger partial charge in [0.2, 0.25) is 0 Å². The number of nitrogens with zero attached hydrogens (tertiary/aromatic N) is 1. The van der Waals surface area contributed by atoms with Crippen molar-refractivity contribution in [2.24, 2.45) is 11.7 Å². The zero-order valence-corrected chi connectivity index (χ0v) is 16.2. The van der Waals surface area contributed by atoms with Crippen molar-refractivity contribution in [3.8, 4) is 6.07 Å². The molecule has 2 aromatic rings. The normalized spacial score (nSPS) is 14.5. The van der Waals surface area contributed by atoms with Gasteiger partial charge in [-0.25, -0.2) is 4.39 Å². The minimum atomic E-state index is -1.47. The van der Waals surface area contributed by atoms with Crippen LogP contribution in [0.25, 0.3) is 5.70 Å². The first-order valence-corrected chi connectivity index (χ1v) is 8.91. The van der Waals surface area contributed by atoms with E-state index in [4.69, 9.17) is 11.0 Å². The van der Waals surface area contributed by atoms with E-state index in [0.717, 1.165) is 11.1 Å². The van der Waals surface area contributed by atoms with Crippen LogP contribution >= 0.6 is 0 Å². The maximum absolute atomic E-state index is 15.3. The molecule has 0 amide bonds. The lowest BCUT2D eigenvalue weighted by Crippen LogP contribution is -2.23. The van der Waals surface area contributed by atoms with Gasteiger partial charge in [-0.05, 0) is 67.5 Å². The third-order valence-corrected chi connectivity index (χ3v) is 5.05. The van der Waals surface area contributed by atoms with E-state index < -0.39 is 5.67 Å². The van der Waals surface area contributed by atoms with E-state index in [9.17, 15) is 0 Å². The Kier molecular flexibility index (Phi) is 5.87. The zero-order chi connectivity index (χ0) is 19.5. The van der Waals surface area contributed by atoms with Crippen molar-refractivity contribution in [1.29, 1.82) is 5.26 Å². The Balaban J connectivity index is 2.57. The first kappa shape index (κ1) is 19.7. The van der Waals surface area contributed by atoms with E-state index in [1.807, 2.05) is 26.0 Å². The lowest BCUT2D eigenvalue weighted by atomic mass is 9.84. The van der Waals surface area contributed by atoms with Crippen LogP contribution in [0, 0.1) is 24.2 Å². The second kappa shape index (κ2) is 7.74. The standard InChI is InChI=1S/C23H27FN2/c1-15(2)23(5,24)21-12-19(10-18-8-6-16(3)7-9-18)11-20(13-21)22(26)17(4)14-25/h6-9,11-13,15H,10,26H2,1-5H3/b22-17+. The van der Waals surface area contributed by atoms with Crippen LogP contribution in [0.4, 0.5) is 4.39 Å². The van der Waals surface area contributed by atoms with Crippen LogP contribution in [-0.2, 0) is 12.1 Å². The summed E-state index contributed by atoms with van der Waals surface area (Å²) in [6.45, 7) is 9.07. The second-order valence-corrected chi connectivity index (χ2v) is 7.46. The Morgan fingerprint density at radius 1 is 1.15 bits per heavy atom. The van der Waals surface area contributed by atoms with E-state index in [1.54, 1.807) is 19.9 Å². The molecule has 2 nitrogen and oxygen atoms in total. The molecule has 136 valence electrons. The van der Waals surface area contributed by atoms with Crippen molar-refractivity contribution in [3.05, 3.63) is 75.9 Å². The van der Waals surface area contributed by atoms with Gasteiger partial charge in [-0.3, -0.25) is 0 Å². The van der Waals surface area contributed by atoms with Crippen molar-refractivity contribution < 1.29 is 4.39 Å². The predicted molar refractivity (Wildman–Crippen MR) is 106 cm³/mol. The van der Waals surface area contributed by atoms with Gasteiger partial charge in [0.25, 0.3) is 0 Å². The van der Waals surface area contributed by atoms with Crippen LogP contribution in [0.15, 0.2) is 48.0 Å². The number of benzene rings is 2. The van der Waals surface area contributed by atoms with Gasteiger partial charge in [0.05, 0.1) is 11.8 Å². The number of aryl methyl sites for hydroxylation is 1. The molecule has 0 bridgehead atoms. The maximum atomic E-state index is 15.3. The van der Waals surface area contributed by atoms with Crippen molar-refractivity contribution in [1.82, 2.24) is 0 Å². The fourth-order valence-corrected chi connectivity index (χ4v) is 2.78. The van der Waals surface area contributed by atoms with E-state index >= 15 is 4.39 Å². The summed E-state index contributed by atoms with van der Waals surface area (Å²) >= 11 is 0. The second-order valence-electron chi connectivity index (χ2n) is 7.46. The Labute approximate surface area is 156 Å². The van der Waals surface area contributed by atoms with Crippen LogP contribution in [-0.4, -0.2) is 0 Å². The molecule has 0 saturated heterocycles. The van der Waals surface area contributed by atoms with Gasteiger partial charge in [-0.15, -0.1) is 0 Å². The summed E-state index contributed by atoms with van der Waals surface area (Å²) in [5.74, 6) is -0.174. The Morgan fingerprint density at radius 3 is 2.31 bits per heavy atom. The van der Waals surface area contributed by atoms with E-state index in [-0.39, 0.29) is 5.92 Å². The summed E-state index contributed by atoms with van der Waals surface area (Å²) in [6, 6.07) is 16.0. The summed E-state index contributed by atoms with van der Waals surface area (Å²) < 4.78 is 15.3. The molecule has 0 saturated carbocycles. The molecule has 0 aliphatic rings. The summed E-state index contributed by atoms with van der Waals surface area (Å²) in [4.78, 5) is 0. The van der Waals surface area contributed by atoms with Crippen LogP contribution in [0.5, 0.6) is 0 Å². The number of rotatable bonds is 5. The zero-order valence-electron chi connectivity index (χ0n) is 16.2. The number of halogens is 1. The highest BCUT2D eigenvalue weighted by molar-refractivity contribution is 5.69. The molecular weight excluding hydrogens is 323 g/mol. The van der Waals surface area contributed by atoms with E-state index in [1.165, 1.54) is 5.56 Å². The largest absolute Gasteiger partial charge is 0.397 e. The highest BCUT2D eigenvalue weighted by Crippen LogP contribution is 2.35. The van der Waals surface area contributed by atoms with Gasteiger partial charge in [0.1, 0.15) is 5.67 Å². The molecule has 0 aromatic heterocycles. The first-order valence-electron chi connectivity index (χ1n) is 8.91. The average molecular weight is 350 g/mol. The minimum Gasteiger partial charge on any atom is -0.397 e. The van der Waals surface area contributed by atoms with Crippen LogP contribution in [0.2, 0.25) is 0 Å². The third kappa shape index (κ3) is 4.32. The topological polar surface area (TPSA) is 49.8 Å². The molecule has 1 atom stereocenters. The molecule has 0 radical (unpaired) electrons. The molecule has 0 aliphatic carbocycles. The van der Waals surface area contributed by atoms with Crippen molar-refractivity contribution >= 4 is 5.70 Å². The number of alkyl halides is 1. The van der Waals surface area contributed by atoms with Gasteiger partial charge < -0.3 is 5.73 Å². The Hall–Kier alpha value is -2.60. The van der Waals surface area contributed by atoms with Crippen molar-refractivity contribution in [2.45, 2.75) is 46.7 Å². The predicted octanol–water partition coefficient (Wildman–Crippen LogP) is 5.64. The van der Waals surface area contributed by atoms with Gasteiger partial charge in [0.15, 0.2) is 0 Å². The number of nitrogens with two attached hydrogens (primary N) is 1. The Morgan fingerprint density at radius 2 is 1.77 bits per heavy atom. The summed E-state index contributed by atoms with van der Waals surface area (Å²) in [5, 5.41) is 9.15. The first-order chi connectivity index (χ1) is 12.1. The molecule has 2 rings (SSSR count). The smallest absolute Gasteiger partial charge is 0.135 e. The molecule has 26 heavy (non-hydrogen) atoms. The molecule has 3 heteroatoms. The van der Waals surface area contributed by atoms with Gasteiger partial charge >= 0.3 is 0 Å². The molecular formula is C23H27FN2. The van der Waals surface area contributed by atoms with Gasteiger partial charge in [0, 0.05) is 5.57 Å². The minimum absolute atomic E-state index is 0.174. The van der Waals surface area contributed by atoms with E-state index in [0.29, 0.717) is 28.8 Å². The molecule has 1 unspecified atom stereocenters. The van der Waals surface area contributed by atoms with Crippen LogP contribution < -0.4 is 5.73 Å². The SMILES string of the molecule is C/C(C#N)=C(\N)c1cc(Cc2ccc(C)cc2)cc(C(C)(F)C(C)C)c1. The summed E-state index contributed by atoms with van der Waals surface area (Å²) in [5.41, 5.74) is 10.2. The number of hydrogen-bond donors (Lipinski definition) is 1. The fraction of sp³-hybridized carbons (Fsp3) is 0.348. The number of allylic oxidation sites excluding steroid dienone is 1. The van der Waals surface area contributed by atoms with E-state index in [2.05, 4.69) is 37.3 Å². The molecule has 0 heterocycles. The summed E-state index contributed by atoms with van der Waals surface area (Å²) in [7, 11) is 0. The lowest BCUT2D eigenvalue weighted by molar-refractivity contribution is 0.123. The summed E-state index contributed by atoms with van der Waals surface area (Å²) in [6.07, 6.45) is 0.689. The molecule has 0 fully saturated rings. The molecule has 0 spiro atoms. The van der Waals surface area contributed by atoms with Crippen molar-refractivity contribution in [3.63, 3.8) is 0 Å². The lowest BCUT2D eigenvalue weighted by Gasteiger charge is -2.26. The molecule has 2 aromatic carbocycles. The monoisotopic (exact) mass is 350 g/mol. The average Bonchev–Trinajstić information content (AvgIpc) is 2.61. The highest BCUT2D eigenvalue weighted by atomic mass is 19.1. The highest BCUT2D eigenvalue weighted by Gasteiger charge is 2.30. The maximum Gasteiger partial charge on any atom is 0.135 e. The molecule has 0 aliphatic heterocycles. The fourth-order valence-electron chi connectivity index (χ4n) is 2.78. The number of hydrogen-bond acceptors (Lipinski definition) is 2. The van der Waals surface area contributed by atoms with Gasteiger partial charge in [-0.2, -0.15) is 5.26 Å². The van der Waals surface area contributed by atoms with Gasteiger partial charge in [-0.1, -0.05) is 49.7 Å². The number of nitriles is 1. The molecule has 2 N–H and O–H groups in total. The van der Waals surface area contributed by atoms with Crippen LogP contribution in [0.3, 0.4) is 0 Å². The van der Waals surface area contributed by atoms with Crippen molar-refractivity contribution in [2.75, 3.05) is 0 Å². The third-order valence-electron chi connectivity index (χ3n) is 5.05. The Bertz CT molecular complexity index is 853. The van der Waals surface area contributed by atoms with Crippen LogP contribution in [0.1, 0.15) is 55.5 Å². The quantitative estimate of drug-likeness (QED) is 0.709.